The quantitative estimate of drug-likeness (QED) is 0.296. The molecule has 0 unspecified atom stereocenters. The number of hydrogen-bond donors (Lipinski definition) is 1. The topological polar surface area (TPSA) is 116 Å². The van der Waals surface area contributed by atoms with Gasteiger partial charge in [0, 0.05) is 12.7 Å². The van der Waals surface area contributed by atoms with Crippen molar-refractivity contribution in [2.45, 2.75) is 17.2 Å². The lowest BCUT2D eigenvalue weighted by atomic mass is 9.99. The van der Waals surface area contributed by atoms with Crippen molar-refractivity contribution in [3.05, 3.63) is 111 Å². The Hall–Kier alpha value is -4.28. The Bertz CT molecular complexity index is 1810. The first kappa shape index (κ1) is 25.4. The molecular weight excluding hydrogens is 524 g/mol. The molecule has 0 saturated carbocycles. The zero-order chi connectivity index (χ0) is 26.9. The van der Waals surface area contributed by atoms with Gasteiger partial charge in [0.05, 0.1) is 12.0 Å². The fourth-order valence-electron chi connectivity index (χ4n) is 4.20. The number of fused-ring (bicyclic) bond motifs is 1. The number of rotatable bonds is 8. The molecular formula is C28H22N2O6S2. The van der Waals surface area contributed by atoms with Crippen LogP contribution in [0.4, 0.5) is 0 Å². The third kappa shape index (κ3) is 4.96. The van der Waals surface area contributed by atoms with Crippen LogP contribution in [0.2, 0.25) is 0 Å². The van der Waals surface area contributed by atoms with Crippen LogP contribution in [0.25, 0.3) is 21.5 Å². The lowest BCUT2D eigenvalue weighted by molar-refractivity contribution is 0.0694. The summed E-state index contributed by atoms with van der Waals surface area (Å²) < 4.78 is 32.9. The second kappa shape index (κ2) is 10.2. The summed E-state index contributed by atoms with van der Waals surface area (Å²) in [5.74, 6) is -1.28. The highest BCUT2D eigenvalue weighted by Gasteiger charge is 2.23. The number of benzene rings is 3. The van der Waals surface area contributed by atoms with Crippen LogP contribution in [0.1, 0.15) is 20.9 Å². The number of pyridine rings is 1. The minimum absolute atomic E-state index is 0.0629. The van der Waals surface area contributed by atoms with Gasteiger partial charge in [-0.05, 0) is 41.0 Å². The van der Waals surface area contributed by atoms with E-state index in [1.807, 2.05) is 54.6 Å². The van der Waals surface area contributed by atoms with Gasteiger partial charge < -0.3 is 14.4 Å². The molecule has 0 atom stereocenters. The van der Waals surface area contributed by atoms with Crippen molar-refractivity contribution >= 4 is 37.5 Å². The van der Waals surface area contributed by atoms with E-state index >= 15 is 0 Å². The van der Waals surface area contributed by atoms with Crippen LogP contribution in [0.3, 0.4) is 0 Å². The van der Waals surface area contributed by atoms with Crippen LogP contribution < -0.4 is 10.2 Å². The maximum Gasteiger partial charge on any atom is 0.341 e. The van der Waals surface area contributed by atoms with Crippen LogP contribution >= 0.6 is 11.3 Å². The van der Waals surface area contributed by atoms with Crippen LogP contribution in [0.5, 0.6) is 5.75 Å². The molecule has 0 aliphatic rings. The summed E-state index contributed by atoms with van der Waals surface area (Å²) in [6, 6.07) is 23.5. The number of sulfone groups is 1. The number of carbonyl (C=O) groups is 1. The largest absolute Gasteiger partial charge is 0.497 e. The van der Waals surface area contributed by atoms with E-state index in [9.17, 15) is 23.1 Å². The molecule has 38 heavy (non-hydrogen) atoms. The predicted octanol–water partition coefficient (Wildman–Crippen LogP) is 4.85. The fourth-order valence-corrected chi connectivity index (χ4v) is 6.84. The Morgan fingerprint density at radius 3 is 2.37 bits per heavy atom. The van der Waals surface area contributed by atoms with Gasteiger partial charge in [-0.1, -0.05) is 65.9 Å². The summed E-state index contributed by atoms with van der Waals surface area (Å²) in [6.07, 6.45) is 1.30. The second-order valence-electron chi connectivity index (χ2n) is 8.52. The molecule has 3 aromatic carbocycles. The van der Waals surface area contributed by atoms with E-state index in [4.69, 9.17) is 4.74 Å². The van der Waals surface area contributed by atoms with Gasteiger partial charge in [0.2, 0.25) is 5.43 Å². The molecule has 5 aromatic rings. The maximum absolute atomic E-state index is 13.1. The first-order chi connectivity index (χ1) is 18.3. The number of methoxy groups -OCH3 is 1. The van der Waals surface area contributed by atoms with E-state index in [-0.39, 0.29) is 22.0 Å². The van der Waals surface area contributed by atoms with Gasteiger partial charge in [-0.25, -0.2) is 18.2 Å². The lowest BCUT2D eigenvalue weighted by Crippen LogP contribution is -2.19. The Labute approximate surface area is 222 Å². The van der Waals surface area contributed by atoms with Crippen LogP contribution in [-0.4, -0.2) is 36.2 Å². The van der Waals surface area contributed by atoms with Gasteiger partial charge in [0.15, 0.2) is 9.84 Å². The molecule has 0 aliphatic carbocycles. The average molecular weight is 547 g/mol. The molecule has 8 nitrogen and oxygen atoms in total. The fraction of sp³-hybridized carbons (Fsp3) is 0.107. The number of carboxylic acids is 1. The van der Waals surface area contributed by atoms with E-state index < -0.39 is 32.6 Å². The Morgan fingerprint density at radius 2 is 1.68 bits per heavy atom. The standard InChI is InChI=1S/C28H22N2O6S2/c1-36-20-11-13-21(14-12-20)38(34,35)17-24-29-25-26(31)23(28(32)33)16-30(27(25)37-24)15-19-9-5-6-10-22(19)18-7-3-2-4-8-18/h2-14,16H,15,17H2,1H3,(H,32,33). The highest BCUT2D eigenvalue weighted by Crippen LogP contribution is 2.29. The number of hydrogen-bond acceptors (Lipinski definition) is 7. The highest BCUT2D eigenvalue weighted by atomic mass is 32.2. The summed E-state index contributed by atoms with van der Waals surface area (Å²) in [4.78, 5) is 29.7. The monoisotopic (exact) mass is 546 g/mol. The molecule has 0 bridgehead atoms. The van der Waals surface area contributed by atoms with E-state index in [0.29, 0.717) is 10.6 Å². The SMILES string of the molecule is COc1ccc(S(=O)(=O)Cc2nc3c(=O)c(C(=O)O)cn(Cc4ccccc4-c4ccccc4)c3s2)cc1. The summed E-state index contributed by atoms with van der Waals surface area (Å²) >= 11 is 1.06. The number of carboxylic acid groups (broad SMARTS) is 1. The van der Waals surface area contributed by atoms with Gasteiger partial charge >= 0.3 is 5.97 Å². The number of thiazole rings is 1. The average Bonchev–Trinajstić information content (AvgIpc) is 3.34. The molecule has 0 aliphatic heterocycles. The Balaban J connectivity index is 1.59. The van der Waals surface area contributed by atoms with E-state index in [1.165, 1.54) is 25.4 Å². The molecule has 2 heterocycles. The third-order valence-corrected chi connectivity index (χ3v) is 8.98. The third-order valence-electron chi connectivity index (χ3n) is 6.06. The van der Waals surface area contributed by atoms with Crippen molar-refractivity contribution in [2.75, 3.05) is 7.11 Å². The van der Waals surface area contributed by atoms with E-state index in [2.05, 4.69) is 4.98 Å². The Morgan fingerprint density at radius 1 is 1.00 bits per heavy atom. The number of aromatic nitrogens is 2. The van der Waals surface area contributed by atoms with Gasteiger partial charge in [-0.3, -0.25) is 4.79 Å². The maximum atomic E-state index is 13.1. The van der Waals surface area contributed by atoms with Crippen molar-refractivity contribution in [1.82, 2.24) is 9.55 Å². The van der Waals surface area contributed by atoms with Gasteiger partial charge in [0.25, 0.3) is 0 Å². The molecule has 0 spiro atoms. The molecule has 0 amide bonds. The minimum atomic E-state index is -3.78. The Kier molecular flexibility index (Phi) is 6.83. The van der Waals surface area contributed by atoms with E-state index in [0.717, 1.165) is 28.0 Å². The lowest BCUT2D eigenvalue weighted by Gasteiger charge is -2.13. The minimum Gasteiger partial charge on any atom is -0.497 e. The molecule has 10 heteroatoms. The van der Waals surface area contributed by atoms with Gasteiger partial charge in [0.1, 0.15) is 32.4 Å². The van der Waals surface area contributed by atoms with Crippen LogP contribution in [-0.2, 0) is 22.1 Å². The first-order valence-electron chi connectivity index (χ1n) is 11.5. The molecule has 0 saturated heterocycles. The molecule has 192 valence electrons. The molecule has 0 radical (unpaired) electrons. The van der Waals surface area contributed by atoms with Gasteiger partial charge in [-0.15, -0.1) is 0 Å². The van der Waals surface area contributed by atoms with Crippen molar-refractivity contribution in [3.8, 4) is 16.9 Å². The number of ether oxygens (including phenoxy) is 1. The van der Waals surface area contributed by atoms with E-state index in [1.54, 1.807) is 16.7 Å². The zero-order valence-corrected chi connectivity index (χ0v) is 21.8. The highest BCUT2D eigenvalue weighted by molar-refractivity contribution is 7.90. The van der Waals surface area contributed by atoms with Crippen molar-refractivity contribution in [3.63, 3.8) is 0 Å². The number of aromatic carboxylic acids is 1. The summed E-state index contributed by atoms with van der Waals surface area (Å²) in [5.41, 5.74) is 1.62. The smallest absolute Gasteiger partial charge is 0.341 e. The normalized spacial score (nSPS) is 11.5. The van der Waals surface area contributed by atoms with Crippen LogP contribution in [0.15, 0.2) is 94.7 Å². The number of nitrogens with zero attached hydrogens (tertiary/aromatic N) is 2. The summed E-state index contributed by atoms with van der Waals surface area (Å²) in [5, 5.41) is 9.88. The molecule has 1 N–H and O–H groups in total. The second-order valence-corrected chi connectivity index (χ2v) is 11.6. The molecule has 2 aromatic heterocycles. The van der Waals surface area contributed by atoms with Crippen molar-refractivity contribution < 1.29 is 23.1 Å². The van der Waals surface area contributed by atoms with Crippen LogP contribution in [0, 0.1) is 0 Å². The zero-order valence-electron chi connectivity index (χ0n) is 20.2. The van der Waals surface area contributed by atoms with Crippen molar-refractivity contribution in [2.24, 2.45) is 0 Å². The molecule has 0 fully saturated rings. The first-order valence-corrected chi connectivity index (χ1v) is 14.0. The predicted molar refractivity (Wildman–Crippen MR) is 146 cm³/mol. The summed E-state index contributed by atoms with van der Waals surface area (Å²) in [6.45, 7) is 0.259. The van der Waals surface area contributed by atoms with Gasteiger partial charge in [-0.2, -0.15) is 0 Å². The summed E-state index contributed by atoms with van der Waals surface area (Å²) in [7, 11) is -2.28. The van der Waals surface area contributed by atoms with Crippen molar-refractivity contribution in [1.29, 1.82) is 0 Å². The molecule has 5 rings (SSSR count).